The first-order chi connectivity index (χ1) is 12.2. The smallest absolute Gasteiger partial charge is 0.334 e. The molecule has 0 radical (unpaired) electrons. The number of anilines is 1. The molecule has 0 aromatic heterocycles. The van der Waals surface area contributed by atoms with Crippen LogP contribution in [0, 0.1) is 5.82 Å². The van der Waals surface area contributed by atoms with Crippen molar-refractivity contribution in [1.82, 2.24) is 10.6 Å². The Morgan fingerprint density at radius 3 is 2.31 bits per heavy atom. The molecule has 0 spiro atoms. The van der Waals surface area contributed by atoms with Gasteiger partial charge in [-0.25, -0.2) is 9.18 Å². The number of hydrogen-bond acceptors (Lipinski definition) is 2. The van der Waals surface area contributed by atoms with Crippen molar-refractivity contribution in [2.24, 2.45) is 0 Å². The molecular formula is C17H15F4N3O2. The summed E-state index contributed by atoms with van der Waals surface area (Å²) in [5.41, 5.74) is 1.26. The molecule has 2 aromatic rings. The van der Waals surface area contributed by atoms with Crippen LogP contribution in [0.1, 0.15) is 15.9 Å². The standard InChI is InChI=1S/C17H15F4N3O2/c18-13-6-4-12(5-7-13)15(25)24-14-3-1-2-11(8-14)9-22-16(26)23-10-17(19,20)21/h1-8H,9-10H2,(H,24,25)(H2,22,23,26). The van der Waals surface area contributed by atoms with Crippen LogP contribution in [0.3, 0.4) is 0 Å². The molecule has 0 atom stereocenters. The lowest BCUT2D eigenvalue weighted by molar-refractivity contribution is -0.122. The predicted octanol–water partition coefficient (Wildman–Crippen LogP) is 3.44. The van der Waals surface area contributed by atoms with Crippen LogP contribution in [0.15, 0.2) is 48.5 Å². The van der Waals surface area contributed by atoms with Crippen LogP contribution in [0.5, 0.6) is 0 Å². The summed E-state index contributed by atoms with van der Waals surface area (Å²) in [5.74, 6) is -0.906. The molecule has 0 saturated carbocycles. The second-order valence-electron chi connectivity index (χ2n) is 5.31. The third-order valence-corrected chi connectivity index (χ3v) is 3.19. The third-order valence-electron chi connectivity index (χ3n) is 3.19. The summed E-state index contributed by atoms with van der Waals surface area (Å²) < 4.78 is 48.9. The number of alkyl halides is 3. The lowest BCUT2D eigenvalue weighted by Crippen LogP contribution is -2.40. The molecule has 0 fully saturated rings. The van der Waals surface area contributed by atoms with Gasteiger partial charge in [0.05, 0.1) is 0 Å². The number of benzene rings is 2. The van der Waals surface area contributed by atoms with Crippen LogP contribution < -0.4 is 16.0 Å². The number of urea groups is 1. The molecule has 5 nitrogen and oxygen atoms in total. The number of halogens is 4. The summed E-state index contributed by atoms with van der Waals surface area (Å²) in [4.78, 5) is 23.4. The van der Waals surface area contributed by atoms with Gasteiger partial charge < -0.3 is 16.0 Å². The molecule has 0 aliphatic heterocycles. The number of carbonyl (C=O) groups excluding carboxylic acids is 2. The first kappa shape index (κ1) is 19.2. The van der Waals surface area contributed by atoms with Crippen LogP contribution >= 0.6 is 0 Å². The minimum Gasteiger partial charge on any atom is -0.334 e. The Kier molecular flexibility index (Phi) is 6.16. The van der Waals surface area contributed by atoms with Gasteiger partial charge in [-0.2, -0.15) is 13.2 Å². The van der Waals surface area contributed by atoms with E-state index in [4.69, 9.17) is 0 Å². The zero-order valence-electron chi connectivity index (χ0n) is 13.4. The van der Waals surface area contributed by atoms with E-state index < -0.39 is 30.5 Å². The van der Waals surface area contributed by atoms with Crippen molar-refractivity contribution >= 4 is 17.6 Å². The molecular weight excluding hydrogens is 354 g/mol. The zero-order valence-corrected chi connectivity index (χ0v) is 13.4. The quantitative estimate of drug-likeness (QED) is 0.707. The lowest BCUT2D eigenvalue weighted by atomic mass is 10.1. The van der Waals surface area contributed by atoms with E-state index in [1.165, 1.54) is 12.1 Å². The largest absolute Gasteiger partial charge is 0.405 e. The Morgan fingerprint density at radius 1 is 0.962 bits per heavy atom. The number of nitrogens with one attached hydrogen (secondary N) is 3. The Morgan fingerprint density at radius 2 is 1.65 bits per heavy atom. The molecule has 0 bridgehead atoms. The Bertz CT molecular complexity index is 776. The first-order valence-electron chi connectivity index (χ1n) is 7.47. The van der Waals surface area contributed by atoms with Gasteiger partial charge in [0.1, 0.15) is 12.4 Å². The van der Waals surface area contributed by atoms with Crippen LogP contribution in [-0.2, 0) is 6.54 Å². The van der Waals surface area contributed by atoms with E-state index in [1.807, 2.05) is 0 Å². The van der Waals surface area contributed by atoms with E-state index in [2.05, 4.69) is 10.6 Å². The van der Waals surface area contributed by atoms with Gasteiger partial charge in [0.25, 0.3) is 5.91 Å². The summed E-state index contributed by atoms with van der Waals surface area (Å²) in [6.07, 6.45) is -4.48. The van der Waals surface area contributed by atoms with Crippen molar-refractivity contribution in [2.45, 2.75) is 12.7 Å². The highest BCUT2D eigenvalue weighted by atomic mass is 19.4. The van der Waals surface area contributed by atoms with Gasteiger partial charge in [-0.3, -0.25) is 4.79 Å². The molecule has 26 heavy (non-hydrogen) atoms. The maximum atomic E-state index is 12.9. The van der Waals surface area contributed by atoms with Crippen molar-refractivity contribution in [3.63, 3.8) is 0 Å². The van der Waals surface area contributed by atoms with Crippen LogP contribution in [0.2, 0.25) is 0 Å². The van der Waals surface area contributed by atoms with Gasteiger partial charge in [-0.15, -0.1) is 0 Å². The highest BCUT2D eigenvalue weighted by molar-refractivity contribution is 6.04. The summed E-state index contributed by atoms with van der Waals surface area (Å²) >= 11 is 0. The van der Waals surface area contributed by atoms with Gasteiger partial charge >= 0.3 is 12.2 Å². The predicted molar refractivity (Wildman–Crippen MR) is 87.1 cm³/mol. The molecule has 138 valence electrons. The molecule has 0 unspecified atom stereocenters. The molecule has 2 rings (SSSR count). The second-order valence-corrected chi connectivity index (χ2v) is 5.31. The molecule has 0 heterocycles. The number of amides is 3. The van der Waals surface area contributed by atoms with E-state index in [0.29, 0.717) is 11.3 Å². The molecule has 0 saturated heterocycles. The summed E-state index contributed by atoms with van der Waals surface area (Å²) in [7, 11) is 0. The van der Waals surface area contributed by atoms with Gasteiger partial charge in [0.15, 0.2) is 0 Å². The average Bonchev–Trinajstić information content (AvgIpc) is 2.58. The van der Waals surface area contributed by atoms with Gasteiger partial charge in [-0.05, 0) is 42.0 Å². The molecule has 9 heteroatoms. The number of carbonyl (C=O) groups is 2. The van der Waals surface area contributed by atoms with E-state index in [9.17, 15) is 27.2 Å². The molecule has 2 aromatic carbocycles. The van der Waals surface area contributed by atoms with Crippen molar-refractivity contribution in [1.29, 1.82) is 0 Å². The third kappa shape index (κ3) is 6.42. The fourth-order valence-electron chi connectivity index (χ4n) is 1.99. The van der Waals surface area contributed by atoms with Crippen LogP contribution in [-0.4, -0.2) is 24.7 Å². The fraction of sp³-hybridized carbons (Fsp3) is 0.176. The first-order valence-corrected chi connectivity index (χ1v) is 7.47. The number of hydrogen-bond donors (Lipinski definition) is 3. The maximum Gasteiger partial charge on any atom is 0.405 e. The number of rotatable bonds is 5. The molecule has 0 aliphatic rings. The van der Waals surface area contributed by atoms with Crippen LogP contribution in [0.4, 0.5) is 28.0 Å². The highest BCUT2D eigenvalue weighted by Crippen LogP contribution is 2.13. The Labute approximate surface area is 146 Å². The topological polar surface area (TPSA) is 70.2 Å². The van der Waals surface area contributed by atoms with Crippen molar-refractivity contribution in [3.8, 4) is 0 Å². The van der Waals surface area contributed by atoms with Crippen LogP contribution in [0.25, 0.3) is 0 Å². The lowest BCUT2D eigenvalue weighted by Gasteiger charge is -2.11. The van der Waals surface area contributed by atoms with E-state index >= 15 is 0 Å². The van der Waals surface area contributed by atoms with Crippen molar-refractivity contribution in [2.75, 3.05) is 11.9 Å². The van der Waals surface area contributed by atoms with E-state index in [1.54, 1.807) is 29.6 Å². The van der Waals surface area contributed by atoms with Crippen molar-refractivity contribution < 1.29 is 27.2 Å². The highest BCUT2D eigenvalue weighted by Gasteiger charge is 2.27. The minimum absolute atomic E-state index is 0.0239. The Hall–Kier alpha value is -3.10. The van der Waals surface area contributed by atoms with Gasteiger partial charge in [0.2, 0.25) is 0 Å². The van der Waals surface area contributed by atoms with Crippen molar-refractivity contribution in [3.05, 3.63) is 65.5 Å². The van der Waals surface area contributed by atoms with E-state index in [0.717, 1.165) is 12.1 Å². The van der Waals surface area contributed by atoms with Gasteiger partial charge in [-0.1, -0.05) is 12.1 Å². The fourth-order valence-corrected chi connectivity index (χ4v) is 1.99. The summed E-state index contributed by atoms with van der Waals surface area (Å²) in [6, 6.07) is 10.5. The van der Waals surface area contributed by atoms with Gasteiger partial charge in [0, 0.05) is 17.8 Å². The second kappa shape index (κ2) is 8.32. The SMILES string of the molecule is O=C(NCc1cccc(NC(=O)c2ccc(F)cc2)c1)NCC(F)(F)F. The zero-order chi connectivity index (χ0) is 19.2. The molecule has 0 aliphatic carbocycles. The molecule has 3 amide bonds. The normalized spacial score (nSPS) is 10.9. The maximum absolute atomic E-state index is 12.9. The average molecular weight is 369 g/mol. The summed E-state index contributed by atoms with van der Waals surface area (Å²) in [6.45, 7) is -1.45. The Balaban J connectivity index is 1.90. The minimum atomic E-state index is -4.48. The van der Waals surface area contributed by atoms with E-state index in [-0.39, 0.29) is 12.1 Å². The molecule has 3 N–H and O–H groups in total. The monoisotopic (exact) mass is 369 g/mol. The summed E-state index contributed by atoms with van der Waals surface area (Å²) in [5, 5.41) is 6.59.